The Balaban J connectivity index is 2.22. The first-order valence-corrected chi connectivity index (χ1v) is 9.61. The maximum Gasteiger partial charge on any atom is 0.236 e. The number of amides is 1. The van der Waals surface area contributed by atoms with Gasteiger partial charge in [0.15, 0.2) is 0 Å². The van der Waals surface area contributed by atoms with Gasteiger partial charge in [-0.05, 0) is 48.8 Å². The molecule has 1 aromatic heterocycles. The molecule has 1 heterocycles. The molecule has 3 atom stereocenters. The molecule has 0 saturated carbocycles. The Morgan fingerprint density at radius 3 is 2.29 bits per heavy atom. The van der Waals surface area contributed by atoms with Crippen molar-refractivity contribution in [2.75, 3.05) is 6.54 Å². The average Bonchev–Trinajstić information content (AvgIpc) is 3.13. The van der Waals surface area contributed by atoms with Crippen LogP contribution in [-0.4, -0.2) is 18.5 Å². The van der Waals surface area contributed by atoms with Crippen molar-refractivity contribution in [3.8, 4) is 0 Å². The molecule has 1 amide bonds. The number of thiophene rings is 1. The smallest absolute Gasteiger partial charge is 0.236 e. The van der Waals surface area contributed by atoms with Crippen LogP contribution in [-0.2, 0) is 4.79 Å². The number of hydrogen-bond acceptors (Lipinski definition) is 3. The van der Waals surface area contributed by atoms with Crippen LogP contribution < -0.4 is 10.6 Å². The molecule has 24 heavy (non-hydrogen) atoms. The zero-order chi connectivity index (χ0) is 17.5. The van der Waals surface area contributed by atoms with Gasteiger partial charge in [-0.15, -0.1) is 11.3 Å². The van der Waals surface area contributed by atoms with Gasteiger partial charge in [0.1, 0.15) is 0 Å². The molecular formula is C20H28N2OS. The Labute approximate surface area is 149 Å². The summed E-state index contributed by atoms with van der Waals surface area (Å²) in [5, 5.41) is 8.44. The number of carbonyl (C=O) groups excluding carboxylic acids is 1. The predicted octanol–water partition coefficient (Wildman–Crippen LogP) is 4.47. The van der Waals surface area contributed by atoms with Gasteiger partial charge in [0, 0.05) is 11.4 Å². The second-order valence-electron chi connectivity index (χ2n) is 6.21. The Morgan fingerprint density at radius 1 is 1.08 bits per heavy atom. The highest BCUT2D eigenvalue weighted by Gasteiger charge is 2.21. The Hall–Kier alpha value is -1.65. The largest absolute Gasteiger partial charge is 0.355 e. The second kappa shape index (κ2) is 9.00. The monoisotopic (exact) mass is 344 g/mol. The minimum absolute atomic E-state index is 0.0357. The molecule has 0 spiro atoms. The molecule has 0 unspecified atom stereocenters. The third kappa shape index (κ3) is 4.68. The lowest BCUT2D eigenvalue weighted by Crippen LogP contribution is -2.43. The number of rotatable bonds is 8. The van der Waals surface area contributed by atoms with Crippen LogP contribution in [0.4, 0.5) is 0 Å². The van der Waals surface area contributed by atoms with Crippen molar-refractivity contribution in [2.45, 2.75) is 52.1 Å². The van der Waals surface area contributed by atoms with Gasteiger partial charge in [0.25, 0.3) is 0 Å². The highest BCUT2D eigenvalue weighted by atomic mass is 32.1. The van der Waals surface area contributed by atoms with Crippen LogP contribution in [0.2, 0.25) is 0 Å². The lowest BCUT2D eigenvalue weighted by molar-refractivity contribution is -0.122. The standard InChI is InChI=1S/C20H28N2OS/c1-5-14(3)16-9-11-17(12-10-16)19(18-8-7-13-24-18)22-15(4)20(23)21-6-2/h7-15,19,22H,5-6H2,1-4H3,(H,21,23)/t14-,15-,19-/m0/s1. The van der Waals surface area contributed by atoms with E-state index in [0.717, 1.165) is 6.42 Å². The van der Waals surface area contributed by atoms with E-state index in [0.29, 0.717) is 12.5 Å². The van der Waals surface area contributed by atoms with Gasteiger partial charge in [0.2, 0.25) is 5.91 Å². The Bertz CT molecular complexity index is 622. The fourth-order valence-electron chi connectivity index (χ4n) is 2.70. The molecule has 1 aromatic carbocycles. The van der Waals surface area contributed by atoms with Gasteiger partial charge in [-0.2, -0.15) is 0 Å². The lowest BCUT2D eigenvalue weighted by atomic mass is 9.95. The van der Waals surface area contributed by atoms with Gasteiger partial charge in [0.05, 0.1) is 12.1 Å². The van der Waals surface area contributed by atoms with Gasteiger partial charge in [-0.25, -0.2) is 0 Å². The van der Waals surface area contributed by atoms with Crippen LogP contribution in [0.15, 0.2) is 41.8 Å². The van der Waals surface area contributed by atoms with Crippen molar-refractivity contribution in [2.24, 2.45) is 0 Å². The summed E-state index contributed by atoms with van der Waals surface area (Å²) >= 11 is 1.71. The summed E-state index contributed by atoms with van der Waals surface area (Å²) in [6.45, 7) is 8.97. The topological polar surface area (TPSA) is 41.1 Å². The molecule has 0 saturated heterocycles. The molecule has 0 aliphatic heterocycles. The summed E-state index contributed by atoms with van der Waals surface area (Å²) in [7, 11) is 0. The van der Waals surface area contributed by atoms with Gasteiger partial charge in [-0.1, -0.05) is 44.2 Å². The molecule has 130 valence electrons. The molecule has 0 aliphatic rings. The molecule has 0 bridgehead atoms. The molecule has 2 N–H and O–H groups in total. The minimum atomic E-state index is -0.244. The first kappa shape index (κ1) is 18.7. The van der Waals surface area contributed by atoms with E-state index in [-0.39, 0.29) is 18.0 Å². The molecule has 0 aliphatic carbocycles. The van der Waals surface area contributed by atoms with Crippen LogP contribution in [0, 0.1) is 0 Å². The van der Waals surface area contributed by atoms with Crippen molar-refractivity contribution in [3.05, 3.63) is 57.8 Å². The summed E-state index contributed by atoms with van der Waals surface area (Å²) in [6, 6.07) is 12.8. The molecular weight excluding hydrogens is 316 g/mol. The summed E-state index contributed by atoms with van der Waals surface area (Å²) in [5.41, 5.74) is 2.56. The van der Waals surface area contributed by atoms with Crippen molar-refractivity contribution in [3.63, 3.8) is 0 Å². The normalized spacial score (nSPS) is 14.8. The number of likely N-dealkylation sites (N-methyl/N-ethyl adjacent to an activating group) is 1. The SMILES string of the molecule is CCNC(=O)[C@H](C)N[C@@H](c1ccc([C@@H](C)CC)cc1)c1cccs1. The van der Waals surface area contributed by atoms with E-state index in [1.165, 1.54) is 16.0 Å². The Morgan fingerprint density at radius 2 is 1.75 bits per heavy atom. The summed E-state index contributed by atoms with van der Waals surface area (Å²) in [5.74, 6) is 0.608. The van der Waals surface area contributed by atoms with Crippen LogP contribution in [0.5, 0.6) is 0 Å². The molecule has 2 aromatic rings. The first-order valence-electron chi connectivity index (χ1n) is 8.73. The van der Waals surface area contributed by atoms with Crippen LogP contribution in [0.25, 0.3) is 0 Å². The number of benzene rings is 1. The van der Waals surface area contributed by atoms with Gasteiger partial charge in [-0.3, -0.25) is 10.1 Å². The highest BCUT2D eigenvalue weighted by Crippen LogP contribution is 2.28. The van der Waals surface area contributed by atoms with Crippen molar-refractivity contribution in [1.29, 1.82) is 0 Å². The highest BCUT2D eigenvalue weighted by molar-refractivity contribution is 7.10. The van der Waals surface area contributed by atoms with Gasteiger partial charge < -0.3 is 5.32 Å². The fourth-order valence-corrected chi connectivity index (χ4v) is 3.52. The van der Waals surface area contributed by atoms with E-state index in [9.17, 15) is 4.79 Å². The quantitative estimate of drug-likeness (QED) is 0.742. The van der Waals surface area contributed by atoms with E-state index in [4.69, 9.17) is 0 Å². The molecule has 0 fully saturated rings. The zero-order valence-corrected chi connectivity index (χ0v) is 15.8. The average molecular weight is 345 g/mol. The van der Waals surface area contributed by atoms with Crippen LogP contribution >= 0.6 is 11.3 Å². The first-order chi connectivity index (χ1) is 11.6. The van der Waals surface area contributed by atoms with E-state index >= 15 is 0 Å². The second-order valence-corrected chi connectivity index (χ2v) is 7.19. The van der Waals surface area contributed by atoms with Crippen molar-refractivity contribution < 1.29 is 4.79 Å². The van der Waals surface area contributed by atoms with E-state index < -0.39 is 0 Å². The number of nitrogens with one attached hydrogen (secondary N) is 2. The van der Waals surface area contributed by atoms with E-state index in [1.807, 2.05) is 13.8 Å². The van der Waals surface area contributed by atoms with E-state index in [2.05, 4.69) is 66.3 Å². The molecule has 4 heteroatoms. The molecule has 0 radical (unpaired) electrons. The molecule has 2 rings (SSSR count). The number of hydrogen-bond donors (Lipinski definition) is 2. The van der Waals surface area contributed by atoms with Crippen LogP contribution in [0.1, 0.15) is 62.1 Å². The molecule has 3 nitrogen and oxygen atoms in total. The number of carbonyl (C=O) groups is 1. The van der Waals surface area contributed by atoms with Gasteiger partial charge >= 0.3 is 0 Å². The fraction of sp³-hybridized carbons (Fsp3) is 0.450. The summed E-state index contributed by atoms with van der Waals surface area (Å²) in [4.78, 5) is 13.3. The van der Waals surface area contributed by atoms with Crippen molar-refractivity contribution >= 4 is 17.2 Å². The third-order valence-corrected chi connectivity index (χ3v) is 5.38. The van der Waals surface area contributed by atoms with Crippen molar-refractivity contribution in [1.82, 2.24) is 10.6 Å². The minimum Gasteiger partial charge on any atom is -0.355 e. The lowest BCUT2D eigenvalue weighted by Gasteiger charge is -2.23. The Kier molecular flexibility index (Phi) is 7.00. The summed E-state index contributed by atoms with van der Waals surface area (Å²) in [6.07, 6.45) is 1.14. The zero-order valence-electron chi connectivity index (χ0n) is 15.0. The summed E-state index contributed by atoms with van der Waals surface area (Å²) < 4.78 is 0. The maximum atomic E-state index is 12.1. The van der Waals surface area contributed by atoms with E-state index in [1.54, 1.807) is 11.3 Å². The predicted molar refractivity (Wildman–Crippen MR) is 103 cm³/mol. The maximum absolute atomic E-state index is 12.1. The third-order valence-electron chi connectivity index (χ3n) is 4.44. The van der Waals surface area contributed by atoms with Crippen LogP contribution in [0.3, 0.4) is 0 Å².